The number of nitrogens with one attached hydrogen (secondary N) is 1. The van der Waals surface area contributed by atoms with Crippen LogP contribution in [0.5, 0.6) is 0 Å². The highest BCUT2D eigenvalue weighted by Gasteiger charge is 2.33. The van der Waals surface area contributed by atoms with Gasteiger partial charge in [-0.2, -0.15) is 12.7 Å². The van der Waals surface area contributed by atoms with Crippen molar-refractivity contribution < 1.29 is 17.9 Å². The van der Waals surface area contributed by atoms with E-state index in [0.717, 1.165) is 75.1 Å². The number of hydrogen-bond donors (Lipinski definition) is 1. The van der Waals surface area contributed by atoms with Crippen LogP contribution in [0, 0.1) is 5.92 Å². The number of urea groups is 1. The molecule has 5 rings (SSSR count). The topological polar surface area (TPSA) is 100 Å². The molecule has 2 aliphatic heterocycles. The number of rotatable bonds is 6. The molecule has 39 heavy (non-hydrogen) atoms. The third kappa shape index (κ3) is 6.05. The Morgan fingerprint density at radius 1 is 1.08 bits per heavy atom. The predicted molar refractivity (Wildman–Crippen MR) is 153 cm³/mol. The summed E-state index contributed by atoms with van der Waals surface area (Å²) in [4.78, 5) is 19.4. The third-order valence-electron chi connectivity index (χ3n) is 8.43. The first-order valence-corrected chi connectivity index (χ1v) is 15.8. The van der Waals surface area contributed by atoms with Crippen LogP contribution in [0.3, 0.4) is 0 Å². The maximum atomic E-state index is 13.6. The largest absolute Gasteiger partial charge is 0.381 e. The number of ether oxygens (including phenoxy) is 1. The standard InChI is InChI=1S/C28H44N6O4S/c1-28(2,3)26-30-24-19-23(9-10-25(24)34(26)20-21-11-17-38-18-12-21)31(4)39(36,37)33-15-13-32(14-16-33)27(35)29-22-7-5-6-8-22/h9-10,19,21-22H,5-8,11-18,20H2,1-4H3,(H,29,35). The Morgan fingerprint density at radius 2 is 1.74 bits per heavy atom. The number of hydrogen-bond acceptors (Lipinski definition) is 5. The van der Waals surface area contributed by atoms with Gasteiger partial charge in [0.25, 0.3) is 0 Å². The highest BCUT2D eigenvalue weighted by atomic mass is 32.2. The molecule has 216 valence electrons. The van der Waals surface area contributed by atoms with Gasteiger partial charge in [0.15, 0.2) is 0 Å². The summed E-state index contributed by atoms with van der Waals surface area (Å²) in [5.74, 6) is 1.55. The van der Waals surface area contributed by atoms with Gasteiger partial charge in [0.2, 0.25) is 0 Å². The molecular formula is C28H44N6O4S. The molecule has 1 N–H and O–H groups in total. The van der Waals surface area contributed by atoms with Gasteiger partial charge in [-0.3, -0.25) is 4.31 Å². The number of aromatic nitrogens is 2. The minimum atomic E-state index is -3.75. The Bertz CT molecular complexity index is 1270. The van der Waals surface area contributed by atoms with E-state index in [1.54, 1.807) is 11.9 Å². The number of carbonyl (C=O) groups is 1. The Morgan fingerprint density at radius 3 is 2.38 bits per heavy atom. The number of fused-ring (bicyclic) bond motifs is 1. The SMILES string of the molecule is CN(c1ccc2c(c1)nc(C(C)(C)C)n2CC1CCOCC1)S(=O)(=O)N1CCN(C(=O)NC2CCCC2)CC1. The molecule has 0 spiro atoms. The smallest absolute Gasteiger partial charge is 0.317 e. The molecule has 0 unspecified atom stereocenters. The second kappa shape index (κ2) is 11.2. The van der Waals surface area contributed by atoms with Gasteiger partial charge in [-0.15, -0.1) is 0 Å². The Labute approximate surface area is 232 Å². The fourth-order valence-corrected chi connectivity index (χ4v) is 7.37. The maximum Gasteiger partial charge on any atom is 0.317 e. The zero-order valence-electron chi connectivity index (χ0n) is 23.9. The summed E-state index contributed by atoms with van der Waals surface area (Å²) in [6.45, 7) is 10.3. The molecule has 0 bridgehead atoms. The highest BCUT2D eigenvalue weighted by molar-refractivity contribution is 7.90. The van der Waals surface area contributed by atoms with E-state index in [4.69, 9.17) is 9.72 Å². The van der Waals surface area contributed by atoms with Crippen molar-refractivity contribution in [3.8, 4) is 0 Å². The number of nitrogens with zero attached hydrogens (tertiary/aromatic N) is 5. The molecule has 1 aromatic heterocycles. The lowest BCUT2D eigenvalue weighted by Crippen LogP contribution is -2.56. The van der Waals surface area contributed by atoms with Crippen LogP contribution >= 0.6 is 0 Å². The first kappa shape index (κ1) is 28.2. The number of amides is 2. The first-order chi connectivity index (χ1) is 18.5. The second-order valence-electron chi connectivity index (χ2n) is 12.3. The summed E-state index contributed by atoms with van der Waals surface area (Å²) in [5, 5.41) is 3.10. The summed E-state index contributed by atoms with van der Waals surface area (Å²) in [7, 11) is -2.15. The average Bonchev–Trinajstić information content (AvgIpc) is 3.56. The number of carbonyl (C=O) groups excluding carboxylic acids is 1. The van der Waals surface area contributed by atoms with Crippen molar-refractivity contribution in [2.75, 3.05) is 50.7 Å². The van der Waals surface area contributed by atoms with E-state index in [9.17, 15) is 13.2 Å². The molecule has 1 aliphatic carbocycles. The molecule has 2 saturated heterocycles. The van der Waals surface area contributed by atoms with Crippen molar-refractivity contribution in [1.82, 2.24) is 24.1 Å². The van der Waals surface area contributed by atoms with Crippen LogP contribution in [0.1, 0.15) is 65.1 Å². The molecule has 2 aromatic rings. The molecule has 3 aliphatic rings. The van der Waals surface area contributed by atoms with Crippen LogP contribution in [-0.2, 0) is 26.9 Å². The normalized spacial score (nSPS) is 20.6. The van der Waals surface area contributed by atoms with Crippen molar-refractivity contribution in [2.45, 2.75) is 77.3 Å². The monoisotopic (exact) mass is 560 g/mol. The second-order valence-corrected chi connectivity index (χ2v) is 14.3. The van der Waals surface area contributed by atoms with E-state index in [1.807, 2.05) is 18.2 Å². The van der Waals surface area contributed by atoms with E-state index < -0.39 is 10.2 Å². The van der Waals surface area contributed by atoms with Crippen molar-refractivity contribution in [1.29, 1.82) is 0 Å². The van der Waals surface area contributed by atoms with Crippen LogP contribution in [0.15, 0.2) is 18.2 Å². The van der Waals surface area contributed by atoms with E-state index in [2.05, 4.69) is 30.7 Å². The van der Waals surface area contributed by atoms with Crippen LogP contribution in [0.4, 0.5) is 10.5 Å². The molecule has 1 aromatic carbocycles. The first-order valence-electron chi connectivity index (χ1n) is 14.4. The van der Waals surface area contributed by atoms with Gasteiger partial charge in [0.05, 0.1) is 16.7 Å². The Balaban J connectivity index is 1.30. The molecule has 3 fully saturated rings. The molecule has 0 atom stereocenters. The van der Waals surface area contributed by atoms with Crippen molar-refractivity contribution in [3.63, 3.8) is 0 Å². The average molecular weight is 561 g/mol. The quantitative estimate of drug-likeness (QED) is 0.581. The van der Waals surface area contributed by atoms with Gasteiger partial charge < -0.3 is 19.5 Å². The lowest BCUT2D eigenvalue weighted by molar-refractivity contribution is 0.0611. The summed E-state index contributed by atoms with van der Waals surface area (Å²) in [5.41, 5.74) is 2.27. The van der Waals surface area contributed by atoms with Gasteiger partial charge in [-0.25, -0.2) is 9.78 Å². The molecule has 11 heteroatoms. The van der Waals surface area contributed by atoms with Gasteiger partial charge >= 0.3 is 16.2 Å². The summed E-state index contributed by atoms with van der Waals surface area (Å²) < 4.78 is 37.8. The minimum Gasteiger partial charge on any atom is -0.381 e. The minimum absolute atomic E-state index is 0.0799. The molecular weight excluding hydrogens is 516 g/mol. The molecule has 0 radical (unpaired) electrons. The highest BCUT2D eigenvalue weighted by Crippen LogP contribution is 2.32. The lowest BCUT2D eigenvalue weighted by Gasteiger charge is -2.36. The zero-order valence-corrected chi connectivity index (χ0v) is 24.7. The Hall–Kier alpha value is -2.37. The summed E-state index contributed by atoms with van der Waals surface area (Å²) in [6.07, 6.45) is 6.45. The molecule has 3 heterocycles. The van der Waals surface area contributed by atoms with Gasteiger partial charge in [-0.05, 0) is 49.8 Å². The lowest BCUT2D eigenvalue weighted by atomic mass is 9.94. The van der Waals surface area contributed by atoms with Crippen molar-refractivity contribution in [3.05, 3.63) is 24.0 Å². The van der Waals surface area contributed by atoms with Crippen LogP contribution in [0.25, 0.3) is 11.0 Å². The van der Waals surface area contributed by atoms with Gasteiger partial charge in [0.1, 0.15) is 5.82 Å². The molecule has 1 saturated carbocycles. The number of benzene rings is 1. The number of anilines is 1. The Kier molecular flexibility index (Phi) is 8.13. The van der Waals surface area contributed by atoms with Gasteiger partial charge in [-0.1, -0.05) is 33.6 Å². The van der Waals surface area contributed by atoms with E-state index >= 15 is 0 Å². The fourth-order valence-electron chi connectivity index (χ4n) is 6.02. The van der Waals surface area contributed by atoms with Crippen LogP contribution in [0.2, 0.25) is 0 Å². The number of imidazole rings is 1. The number of piperazine rings is 1. The van der Waals surface area contributed by atoms with Gasteiger partial charge in [0, 0.05) is 64.4 Å². The summed E-state index contributed by atoms with van der Waals surface area (Å²) >= 11 is 0. The van der Waals surface area contributed by atoms with E-state index in [0.29, 0.717) is 24.7 Å². The van der Waals surface area contributed by atoms with E-state index in [1.165, 1.54) is 8.61 Å². The summed E-state index contributed by atoms with van der Waals surface area (Å²) in [6, 6.07) is 5.93. The van der Waals surface area contributed by atoms with Crippen molar-refractivity contribution in [2.24, 2.45) is 5.92 Å². The fraction of sp³-hybridized carbons (Fsp3) is 0.714. The predicted octanol–water partition coefficient (Wildman–Crippen LogP) is 3.71. The van der Waals surface area contributed by atoms with Crippen LogP contribution < -0.4 is 9.62 Å². The molecule has 2 amide bonds. The van der Waals surface area contributed by atoms with Crippen LogP contribution in [-0.4, -0.2) is 85.7 Å². The molecule has 10 nitrogen and oxygen atoms in total. The van der Waals surface area contributed by atoms with Crippen molar-refractivity contribution >= 4 is 33.0 Å². The third-order valence-corrected chi connectivity index (χ3v) is 10.3. The maximum absolute atomic E-state index is 13.6. The van der Waals surface area contributed by atoms with E-state index in [-0.39, 0.29) is 30.6 Å². The zero-order chi connectivity index (χ0) is 27.8.